The number of rotatable bonds is 5. The van der Waals surface area contributed by atoms with Crippen molar-refractivity contribution in [2.24, 2.45) is 0 Å². The molecule has 0 aliphatic carbocycles. The quantitative estimate of drug-likeness (QED) is 0.779. The van der Waals surface area contributed by atoms with Crippen LogP contribution in [0.15, 0.2) is 0 Å². The molecular formula is C11H19NO5S. The maximum absolute atomic E-state index is 12.1. The molecule has 18 heavy (non-hydrogen) atoms. The molecule has 1 saturated heterocycles. The first kappa shape index (κ1) is 14.9. The van der Waals surface area contributed by atoms with Gasteiger partial charge in [-0.25, -0.2) is 8.42 Å². The third-order valence-corrected chi connectivity index (χ3v) is 5.15. The predicted molar refractivity (Wildman–Crippen MR) is 65.9 cm³/mol. The first-order valence-electron chi connectivity index (χ1n) is 6.10. The summed E-state index contributed by atoms with van der Waals surface area (Å²) < 4.78 is 23.6. The molecule has 1 N–H and O–H groups in total. The second kappa shape index (κ2) is 6.17. The van der Waals surface area contributed by atoms with Crippen molar-refractivity contribution in [2.45, 2.75) is 37.9 Å². The van der Waals surface area contributed by atoms with E-state index in [1.807, 2.05) is 6.92 Å². The smallest absolute Gasteiger partial charge is 0.323 e. The zero-order valence-electron chi connectivity index (χ0n) is 10.5. The Hall–Kier alpha value is -1.11. The van der Waals surface area contributed by atoms with Crippen LogP contribution >= 0.6 is 0 Å². The lowest BCUT2D eigenvalue weighted by Crippen LogP contribution is -2.47. The van der Waals surface area contributed by atoms with Crippen LogP contribution in [0.3, 0.4) is 0 Å². The highest BCUT2D eigenvalue weighted by molar-refractivity contribution is 7.92. The Kier molecular flexibility index (Phi) is 5.13. The number of carboxylic acid groups (broad SMARTS) is 1. The molecule has 7 heteroatoms. The number of amides is 1. The molecule has 6 nitrogen and oxygen atoms in total. The molecule has 0 bridgehead atoms. The summed E-state index contributed by atoms with van der Waals surface area (Å²) in [6.07, 6.45) is 2.19. The minimum atomic E-state index is -3.41. The number of hydrogen-bond donors (Lipinski definition) is 1. The van der Waals surface area contributed by atoms with E-state index in [4.69, 9.17) is 5.11 Å². The van der Waals surface area contributed by atoms with E-state index in [1.54, 1.807) is 0 Å². The van der Waals surface area contributed by atoms with E-state index in [1.165, 1.54) is 0 Å². The van der Waals surface area contributed by atoms with Gasteiger partial charge in [0.15, 0.2) is 9.84 Å². The summed E-state index contributed by atoms with van der Waals surface area (Å²) in [7, 11) is -3.41. The van der Waals surface area contributed by atoms with E-state index >= 15 is 0 Å². The third-order valence-electron chi connectivity index (χ3n) is 2.99. The molecule has 1 amide bonds. The SMILES string of the molecule is CCCN(CC(=O)O)C(=O)C1CCCCS1(=O)=O. The summed E-state index contributed by atoms with van der Waals surface area (Å²) in [5.74, 6) is -1.65. The van der Waals surface area contributed by atoms with Crippen molar-refractivity contribution in [1.82, 2.24) is 4.90 Å². The van der Waals surface area contributed by atoms with Crippen LogP contribution in [-0.4, -0.2) is 54.4 Å². The summed E-state index contributed by atoms with van der Waals surface area (Å²) in [6.45, 7) is 1.66. The Labute approximate surface area is 107 Å². The highest BCUT2D eigenvalue weighted by Gasteiger charge is 2.37. The van der Waals surface area contributed by atoms with Crippen LogP contribution in [0, 0.1) is 0 Å². The third kappa shape index (κ3) is 3.69. The molecule has 1 atom stereocenters. The standard InChI is InChI=1S/C11H19NO5S/c1-2-6-12(8-10(13)14)11(15)9-5-3-4-7-18(9,16)17/h9H,2-8H2,1H3,(H,13,14). The summed E-state index contributed by atoms with van der Waals surface area (Å²) in [5, 5.41) is 7.70. The minimum absolute atomic E-state index is 0.0242. The summed E-state index contributed by atoms with van der Waals surface area (Å²) >= 11 is 0. The summed E-state index contributed by atoms with van der Waals surface area (Å²) in [6, 6.07) is 0. The molecule has 0 aromatic heterocycles. The summed E-state index contributed by atoms with van der Waals surface area (Å²) in [5.41, 5.74) is 0. The first-order valence-corrected chi connectivity index (χ1v) is 7.82. The van der Waals surface area contributed by atoms with E-state index in [9.17, 15) is 18.0 Å². The number of hydrogen-bond acceptors (Lipinski definition) is 4. The Bertz CT molecular complexity index is 417. The van der Waals surface area contributed by atoms with Crippen molar-refractivity contribution >= 4 is 21.7 Å². The predicted octanol–water partition coefficient (Wildman–Crippen LogP) is 0.277. The van der Waals surface area contributed by atoms with Gasteiger partial charge in [-0.1, -0.05) is 13.3 Å². The van der Waals surface area contributed by atoms with Gasteiger partial charge in [0, 0.05) is 6.54 Å². The van der Waals surface area contributed by atoms with E-state index < -0.39 is 33.5 Å². The topological polar surface area (TPSA) is 91.8 Å². The molecule has 0 spiro atoms. The van der Waals surface area contributed by atoms with Crippen LogP contribution in [0.5, 0.6) is 0 Å². The van der Waals surface area contributed by atoms with Crippen LogP contribution in [0.2, 0.25) is 0 Å². The fraction of sp³-hybridized carbons (Fsp3) is 0.818. The zero-order chi connectivity index (χ0) is 13.8. The van der Waals surface area contributed by atoms with Gasteiger partial charge in [-0.3, -0.25) is 9.59 Å². The van der Waals surface area contributed by atoms with E-state index in [2.05, 4.69) is 0 Å². The van der Waals surface area contributed by atoms with Gasteiger partial charge in [-0.2, -0.15) is 0 Å². The lowest BCUT2D eigenvalue weighted by molar-refractivity contribution is -0.144. The van der Waals surface area contributed by atoms with Crippen molar-refractivity contribution in [3.63, 3.8) is 0 Å². The van der Waals surface area contributed by atoms with E-state index in [-0.39, 0.29) is 12.3 Å². The first-order chi connectivity index (χ1) is 8.38. The molecule has 1 heterocycles. The van der Waals surface area contributed by atoms with Crippen LogP contribution in [0.25, 0.3) is 0 Å². The Morgan fingerprint density at radius 3 is 2.50 bits per heavy atom. The Morgan fingerprint density at radius 2 is 2.00 bits per heavy atom. The van der Waals surface area contributed by atoms with Crippen LogP contribution in [0.1, 0.15) is 32.6 Å². The molecule has 0 saturated carbocycles. The van der Waals surface area contributed by atoms with Crippen LogP contribution in [0.4, 0.5) is 0 Å². The van der Waals surface area contributed by atoms with Gasteiger partial charge in [0.25, 0.3) is 0 Å². The summed E-state index contributed by atoms with van der Waals surface area (Å²) in [4.78, 5) is 23.9. The Balaban J connectivity index is 2.84. The fourth-order valence-corrected chi connectivity index (χ4v) is 4.01. The van der Waals surface area contributed by atoms with Gasteiger partial charge >= 0.3 is 5.97 Å². The van der Waals surface area contributed by atoms with E-state index in [0.717, 1.165) is 4.90 Å². The van der Waals surface area contributed by atoms with Crippen LogP contribution in [-0.2, 0) is 19.4 Å². The zero-order valence-corrected chi connectivity index (χ0v) is 11.3. The molecule has 0 aromatic carbocycles. The fourth-order valence-electron chi connectivity index (χ4n) is 2.14. The number of nitrogens with zero attached hydrogens (tertiary/aromatic N) is 1. The lowest BCUT2D eigenvalue weighted by atomic mass is 10.1. The highest BCUT2D eigenvalue weighted by Crippen LogP contribution is 2.21. The maximum Gasteiger partial charge on any atom is 0.323 e. The van der Waals surface area contributed by atoms with Crippen molar-refractivity contribution in [3.8, 4) is 0 Å². The van der Waals surface area contributed by atoms with Gasteiger partial charge in [-0.15, -0.1) is 0 Å². The molecule has 1 aliphatic rings. The molecule has 0 radical (unpaired) electrons. The normalized spacial score (nSPS) is 22.4. The molecule has 104 valence electrons. The van der Waals surface area contributed by atoms with Gasteiger partial charge in [0.05, 0.1) is 5.75 Å². The highest BCUT2D eigenvalue weighted by atomic mass is 32.2. The van der Waals surface area contributed by atoms with Crippen molar-refractivity contribution in [2.75, 3.05) is 18.8 Å². The van der Waals surface area contributed by atoms with Gasteiger partial charge in [-0.05, 0) is 19.3 Å². The largest absolute Gasteiger partial charge is 0.480 e. The second-order valence-corrected chi connectivity index (χ2v) is 6.81. The van der Waals surface area contributed by atoms with Gasteiger partial charge in [0.2, 0.25) is 5.91 Å². The second-order valence-electron chi connectivity index (χ2n) is 4.50. The number of carbonyl (C=O) groups excluding carboxylic acids is 1. The minimum Gasteiger partial charge on any atom is -0.480 e. The molecule has 1 fully saturated rings. The number of carbonyl (C=O) groups is 2. The van der Waals surface area contributed by atoms with E-state index in [0.29, 0.717) is 25.7 Å². The number of sulfone groups is 1. The lowest BCUT2D eigenvalue weighted by Gasteiger charge is -2.27. The average Bonchev–Trinajstić information content (AvgIpc) is 2.26. The number of carboxylic acids is 1. The molecule has 1 aliphatic heterocycles. The molecule has 0 aromatic rings. The van der Waals surface area contributed by atoms with Crippen molar-refractivity contribution in [1.29, 1.82) is 0 Å². The van der Waals surface area contributed by atoms with Gasteiger partial charge in [0.1, 0.15) is 11.8 Å². The Morgan fingerprint density at radius 1 is 1.33 bits per heavy atom. The average molecular weight is 277 g/mol. The molecule has 1 unspecified atom stereocenters. The molecular weight excluding hydrogens is 258 g/mol. The maximum atomic E-state index is 12.1. The molecule has 1 rings (SSSR count). The van der Waals surface area contributed by atoms with Crippen molar-refractivity contribution < 1.29 is 23.1 Å². The van der Waals surface area contributed by atoms with Gasteiger partial charge < -0.3 is 10.0 Å². The van der Waals surface area contributed by atoms with Crippen molar-refractivity contribution in [3.05, 3.63) is 0 Å². The van der Waals surface area contributed by atoms with Crippen LogP contribution < -0.4 is 0 Å². The number of aliphatic carboxylic acids is 1. The monoisotopic (exact) mass is 277 g/mol.